The van der Waals surface area contributed by atoms with Gasteiger partial charge in [0.05, 0.1) is 5.75 Å². The van der Waals surface area contributed by atoms with Crippen molar-refractivity contribution in [2.45, 2.75) is 57.5 Å². The Morgan fingerprint density at radius 3 is 2.85 bits per heavy atom. The van der Waals surface area contributed by atoms with Crippen LogP contribution >= 0.6 is 23.1 Å². The number of amides is 1. The van der Waals surface area contributed by atoms with Gasteiger partial charge in [0.2, 0.25) is 0 Å². The van der Waals surface area contributed by atoms with Crippen LogP contribution < -0.4 is 5.32 Å². The summed E-state index contributed by atoms with van der Waals surface area (Å²) in [4.78, 5) is 34.8. The van der Waals surface area contributed by atoms with Gasteiger partial charge < -0.3 is 10.1 Å². The molecule has 6 nitrogen and oxygen atoms in total. The number of hydrogen-bond donors (Lipinski definition) is 1. The minimum Gasteiger partial charge on any atom is -0.455 e. The molecule has 1 fully saturated rings. The Morgan fingerprint density at radius 1 is 1.30 bits per heavy atom. The summed E-state index contributed by atoms with van der Waals surface area (Å²) in [6.45, 7) is 6.02. The number of esters is 1. The van der Waals surface area contributed by atoms with Crippen molar-refractivity contribution >= 4 is 45.2 Å². The first-order valence-electron chi connectivity index (χ1n) is 9.24. The summed E-state index contributed by atoms with van der Waals surface area (Å²) in [5.41, 5.74) is 1.15. The maximum Gasteiger partial charge on any atom is 0.316 e. The van der Waals surface area contributed by atoms with Crippen LogP contribution in [-0.2, 0) is 14.3 Å². The van der Waals surface area contributed by atoms with Crippen molar-refractivity contribution in [1.29, 1.82) is 0 Å². The summed E-state index contributed by atoms with van der Waals surface area (Å²) < 4.78 is 5.14. The van der Waals surface area contributed by atoms with E-state index < -0.39 is 5.97 Å². The number of rotatable bonds is 6. The predicted molar refractivity (Wildman–Crippen MR) is 108 cm³/mol. The first-order chi connectivity index (χ1) is 13.0. The van der Waals surface area contributed by atoms with Crippen LogP contribution in [0.2, 0.25) is 0 Å². The summed E-state index contributed by atoms with van der Waals surface area (Å²) in [5.74, 6) is -0.0384. The predicted octanol–water partition coefficient (Wildman–Crippen LogP) is 3.64. The molecule has 0 aromatic carbocycles. The maximum absolute atomic E-state index is 12.0. The first kappa shape index (κ1) is 20.1. The molecule has 2 atom stereocenters. The van der Waals surface area contributed by atoms with Gasteiger partial charge in [-0.15, -0.1) is 11.3 Å². The van der Waals surface area contributed by atoms with Gasteiger partial charge in [-0.25, -0.2) is 9.97 Å². The minimum atomic E-state index is -0.414. The van der Waals surface area contributed by atoms with Gasteiger partial charge in [0.1, 0.15) is 16.2 Å². The Hall–Kier alpha value is -1.67. The Labute approximate surface area is 167 Å². The molecule has 1 saturated carbocycles. The van der Waals surface area contributed by atoms with Crippen molar-refractivity contribution in [2.24, 2.45) is 5.92 Å². The molecule has 8 heteroatoms. The molecular weight excluding hydrogens is 382 g/mol. The molecule has 0 radical (unpaired) electrons. The highest BCUT2D eigenvalue weighted by atomic mass is 32.2. The second kappa shape index (κ2) is 9.01. The van der Waals surface area contributed by atoms with Gasteiger partial charge >= 0.3 is 5.97 Å². The number of carbonyl (C=O) groups excluding carboxylic acids is 2. The lowest BCUT2D eigenvalue weighted by Gasteiger charge is -2.29. The van der Waals surface area contributed by atoms with Crippen LogP contribution in [-0.4, -0.2) is 40.2 Å². The van der Waals surface area contributed by atoms with E-state index in [1.807, 2.05) is 6.92 Å². The van der Waals surface area contributed by atoms with E-state index in [1.54, 1.807) is 11.3 Å². The van der Waals surface area contributed by atoms with Gasteiger partial charge in [-0.2, -0.15) is 0 Å². The zero-order chi connectivity index (χ0) is 19.4. The first-order valence-corrected chi connectivity index (χ1v) is 11.0. The van der Waals surface area contributed by atoms with Crippen molar-refractivity contribution in [3.8, 4) is 0 Å². The molecule has 27 heavy (non-hydrogen) atoms. The van der Waals surface area contributed by atoms with Crippen molar-refractivity contribution in [2.75, 3.05) is 12.4 Å². The number of aromatic nitrogens is 2. The summed E-state index contributed by atoms with van der Waals surface area (Å²) >= 11 is 2.95. The zero-order valence-electron chi connectivity index (χ0n) is 15.9. The molecule has 0 unspecified atom stereocenters. The van der Waals surface area contributed by atoms with Crippen LogP contribution in [0.3, 0.4) is 0 Å². The Bertz CT molecular complexity index is 837. The second-order valence-corrected chi connectivity index (χ2v) is 9.19. The number of nitrogens with zero attached hydrogens (tertiary/aromatic N) is 2. The third-order valence-corrected chi connectivity index (χ3v) is 7.16. The number of thiophene rings is 1. The number of carbonyl (C=O) groups is 2. The molecule has 0 bridgehead atoms. The molecule has 1 aliphatic carbocycles. The summed E-state index contributed by atoms with van der Waals surface area (Å²) in [6.07, 6.45) is 6.01. The average Bonchev–Trinajstić information content (AvgIpc) is 2.95. The van der Waals surface area contributed by atoms with Crippen molar-refractivity contribution in [1.82, 2.24) is 15.3 Å². The van der Waals surface area contributed by atoms with E-state index >= 15 is 0 Å². The van der Waals surface area contributed by atoms with Crippen molar-refractivity contribution in [3.05, 3.63) is 16.8 Å². The number of hydrogen-bond acceptors (Lipinski definition) is 7. The standard InChI is InChI=1S/C19H25N3O3S2/c1-11-6-4-5-7-14(11)22-15(23)8-25-16(24)9-26-18-17-12(2)13(3)27-19(17)21-10-20-18/h10-11,14H,4-9H2,1-3H3,(H,22,23)/t11-,14+/m0/s1. The molecule has 2 heterocycles. The minimum absolute atomic E-state index is 0.119. The molecule has 1 aliphatic rings. The largest absolute Gasteiger partial charge is 0.455 e. The molecule has 0 aliphatic heterocycles. The van der Waals surface area contributed by atoms with Crippen molar-refractivity contribution < 1.29 is 14.3 Å². The monoisotopic (exact) mass is 407 g/mol. The van der Waals surface area contributed by atoms with Crippen LogP contribution in [0.25, 0.3) is 10.2 Å². The molecular formula is C19H25N3O3S2. The molecule has 2 aromatic heterocycles. The molecule has 1 N–H and O–H groups in total. The summed E-state index contributed by atoms with van der Waals surface area (Å²) in [7, 11) is 0. The van der Waals surface area contributed by atoms with Gasteiger partial charge in [-0.3, -0.25) is 9.59 Å². The van der Waals surface area contributed by atoms with E-state index in [0.717, 1.165) is 40.1 Å². The highest BCUT2D eigenvalue weighted by Gasteiger charge is 2.23. The van der Waals surface area contributed by atoms with E-state index in [1.165, 1.54) is 29.4 Å². The van der Waals surface area contributed by atoms with E-state index in [4.69, 9.17) is 4.74 Å². The molecule has 1 amide bonds. The zero-order valence-corrected chi connectivity index (χ0v) is 17.5. The number of thioether (sulfide) groups is 1. The SMILES string of the molecule is Cc1sc2ncnc(SCC(=O)OCC(=O)N[C@@H]3CCCC[C@@H]3C)c2c1C. The number of fused-ring (bicyclic) bond motifs is 1. The topological polar surface area (TPSA) is 81.2 Å². The number of nitrogens with one attached hydrogen (secondary N) is 1. The van der Waals surface area contributed by atoms with Crippen molar-refractivity contribution in [3.63, 3.8) is 0 Å². The van der Waals surface area contributed by atoms with Crippen LogP contribution in [0.4, 0.5) is 0 Å². The molecule has 2 aromatic rings. The fraction of sp³-hybridized carbons (Fsp3) is 0.579. The van der Waals surface area contributed by atoms with Crippen LogP contribution in [0, 0.1) is 19.8 Å². The lowest BCUT2D eigenvalue weighted by Crippen LogP contribution is -2.43. The number of ether oxygens (including phenoxy) is 1. The molecule has 0 spiro atoms. The van der Waals surface area contributed by atoms with Gasteiger partial charge in [0, 0.05) is 16.3 Å². The van der Waals surface area contributed by atoms with E-state index in [-0.39, 0.29) is 24.3 Å². The Morgan fingerprint density at radius 2 is 2.07 bits per heavy atom. The van der Waals surface area contributed by atoms with Gasteiger partial charge in [0.15, 0.2) is 6.61 Å². The van der Waals surface area contributed by atoms with E-state index in [9.17, 15) is 9.59 Å². The van der Waals surface area contributed by atoms with Crippen LogP contribution in [0.15, 0.2) is 11.4 Å². The van der Waals surface area contributed by atoms with Crippen LogP contribution in [0.1, 0.15) is 43.0 Å². The average molecular weight is 408 g/mol. The van der Waals surface area contributed by atoms with E-state index in [0.29, 0.717) is 5.92 Å². The molecule has 0 saturated heterocycles. The summed E-state index contributed by atoms with van der Waals surface area (Å²) in [6, 6.07) is 0.193. The third-order valence-electron chi connectivity index (χ3n) is 5.08. The van der Waals surface area contributed by atoms with Gasteiger partial charge in [0.25, 0.3) is 5.91 Å². The third kappa shape index (κ3) is 4.99. The fourth-order valence-corrected chi connectivity index (χ4v) is 5.27. The van der Waals surface area contributed by atoms with Crippen LogP contribution in [0.5, 0.6) is 0 Å². The summed E-state index contributed by atoms with van der Waals surface area (Å²) in [5, 5.41) is 4.77. The highest BCUT2D eigenvalue weighted by Crippen LogP contribution is 2.34. The Balaban J connectivity index is 1.48. The smallest absolute Gasteiger partial charge is 0.316 e. The fourth-order valence-electron chi connectivity index (χ4n) is 3.35. The number of aryl methyl sites for hydroxylation is 2. The second-order valence-electron chi connectivity index (χ2n) is 7.03. The quantitative estimate of drug-likeness (QED) is 0.447. The Kier molecular flexibility index (Phi) is 6.70. The maximum atomic E-state index is 12.0. The van der Waals surface area contributed by atoms with E-state index in [2.05, 4.69) is 29.1 Å². The van der Waals surface area contributed by atoms with Gasteiger partial charge in [-0.1, -0.05) is 31.5 Å². The van der Waals surface area contributed by atoms with Gasteiger partial charge in [-0.05, 0) is 38.2 Å². The molecule has 3 rings (SSSR count). The lowest BCUT2D eigenvalue weighted by molar-refractivity contribution is -0.146. The highest BCUT2D eigenvalue weighted by molar-refractivity contribution is 8.00. The normalized spacial score (nSPS) is 19.8. The lowest BCUT2D eigenvalue weighted by atomic mass is 9.86. The molecule has 146 valence electrons.